The Hall–Kier alpha value is -0.170. The molecule has 2 atom stereocenters. The molecule has 2 fully saturated rings. The maximum atomic E-state index is 12.0. The Kier molecular flexibility index (Phi) is 3.30. The summed E-state index contributed by atoms with van der Waals surface area (Å²) in [6, 6.07) is 0.357. The molecule has 2 rings (SSSR count). The van der Waals surface area contributed by atoms with Crippen molar-refractivity contribution in [3.63, 3.8) is 0 Å². The van der Waals surface area contributed by atoms with Crippen LogP contribution in [0.5, 0.6) is 0 Å². The van der Waals surface area contributed by atoms with E-state index in [0.717, 1.165) is 32.4 Å². The monoisotopic (exact) mass is 233 g/mol. The zero-order valence-corrected chi connectivity index (χ0v) is 9.89. The first-order valence-electron chi connectivity index (χ1n) is 5.64. The highest BCUT2D eigenvalue weighted by Gasteiger charge is 2.41. The lowest BCUT2D eigenvalue weighted by Gasteiger charge is -2.26. The number of nitrogens with one attached hydrogen (secondary N) is 2. The molecular weight excluding hydrogens is 214 g/mol. The molecule has 0 spiro atoms. The third kappa shape index (κ3) is 2.18. The second-order valence-electron chi connectivity index (χ2n) is 4.21. The maximum absolute atomic E-state index is 12.0. The minimum absolute atomic E-state index is 0.154. The summed E-state index contributed by atoms with van der Waals surface area (Å²) < 4.78 is 28.3. The third-order valence-electron chi connectivity index (χ3n) is 3.19. The predicted molar refractivity (Wildman–Crippen MR) is 58.7 cm³/mol. The fraction of sp³-hybridized carbons (Fsp3) is 1.00. The van der Waals surface area contributed by atoms with Gasteiger partial charge in [-0.25, -0.2) is 4.72 Å². The summed E-state index contributed by atoms with van der Waals surface area (Å²) in [7, 11) is -3.25. The van der Waals surface area contributed by atoms with E-state index in [-0.39, 0.29) is 12.1 Å². The van der Waals surface area contributed by atoms with Crippen molar-refractivity contribution in [3.8, 4) is 0 Å². The highest BCUT2D eigenvalue weighted by Crippen LogP contribution is 2.29. The molecule has 0 aliphatic carbocycles. The number of nitrogens with zero attached hydrogens (tertiary/aromatic N) is 1. The normalized spacial score (nSPS) is 32.9. The molecule has 0 saturated carbocycles. The molecule has 2 aliphatic rings. The molecule has 2 N–H and O–H groups in total. The van der Waals surface area contributed by atoms with Gasteiger partial charge in [-0.15, -0.1) is 0 Å². The third-order valence-corrected chi connectivity index (χ3v) is 5.00. The Labute approximate surface area is 91.4 Å². The number of hydrogen-bond acceptors (Lipinski definition) is 3. The first-order valence-corrected chi connectivity index (χ1v) is 7.08. The van der Waals surface area contributed by atoms with E-state index < -0.39 is 10.2 Å². The van der Waals surface area contributed by atoms with Crippen molar-refractivity contribution in [2.75, 3.05) is 19.6 Å². The highest BCUT2D eigenvalue weighted by molar-refractivity contribution is 7.87. The van der Waals surface area contributed by atoms with Crippen molar-refractivity contribution in [2.45, 2.75) is 38.3 Å². The van der Waals surface area contributed by atoms with E-state index in [0.29, 0.717) is 6.54 Å². The van der Waals surface area contributed by atoms with Gasteiger partial charge in [-0.3, -0.25) is 0 Å². The molecule has 0 amide bonds. The first kappa shape index (κ1) is 11.3. The van der Waals surface area contributed by atoms with Gasteiger partial charge in [0, 0.05) is 25.2 Å². The van der Waals surface area contributed by atoms with E-state index in [2.05, 4.69) is 10.0 Å². The largest absolute Gasteiger partial charge is 0.315 e. The summed E-state index contributed by atoms with van der Waals surface area (Å²) in [6.45, 7) is 4.00. The van der Waals surface area contributed by atoms with E-state index >= 15 is 0 Å². The van der Waals surface area contributed by atoms with Crippen molar-refractivity contribution in [3.05, 3.63) is 0 Å². The van der Waals surface area contributed by atoms with Gasteiger partial charge in [0.1, 0.15) is 0 Å². The maximum Gasteiger partial charge on any atom is 0.279 e. The molecule has 5 nitrogen and oxygen atoms in total. The van der Waals surface area contributed by atoms with Crippen LogP contribution in [0.1, 0.15) is 26.2 Å². The molecule has 0 aromatic heterocycles. The van der Waals surface area contributed by atoms with Crippen LogP contribution in [-0.2, 0) is 10.2 Å². The minimum Gasteiger partial charge on any atom is -0.315 e. The van der Waals surface area contributed by atoms with Gasteiger partial charge in [0.25, 0.3) is 10.2 Å². The van der Waals surface area contributed by atoms with Crippen LogP contribution in [0.3, 0.4) is 0 Å². The van der Waals surface area contributed by atoms with Crippen LogP contribution in [0.4, 0.5) is 0 Å². The summed E-state index contributed by atoms with van der Waals surface area (Å²) >= 11 is 0. The van der Waals surface area contributed by atoms with Crippen molar-refractivity contribution in [1.29, 1.82) is 0 Å². The molecular formula is C9H19N3O2S. The molecule has 0 aromatic rings. The van der Waals surface area contributed by atoms with Crippen LogP contribution >= 0.6 is 0 Å². The van der Waals surface area contributed by atoms with E-state index in [4.69, 9.17) is 0 Å². The zero-order valence-electron chi connectivity index (χ0n) is 9.07. The van der Waals surface area contributed by atoms with Crippen LogP contribution in [0.25, 0.3) is 0 Å². The summed E-state index contributed by atoms with van der Waals surface area (Å²) in [5.41, 5.74) is 0. The molecule has 2 aliphatic heterocycles. The van der Waals surface area contributed by atoms with Crippen molar-refractivity contribution < 1.29 is 8.42 Å². The number of fused-ring (bicyclic) bond motifs is 2. The molecule has 88 valence electrons. The Balaban J connectivity index is 2.20. The predicted octanol–water partition coefficient (Wildman–Crippen LogP) is -0.333. The average molecular weight is 233 g/mol. The van der Waals surface area contributed by atoms with Crippen molar-refractivity contribution in [2.24, 2.45) is 0 Å². The van der Waals surface area contributed by atoms with E-state index in [1.165, 1.54) is 0 Å². The molecule has 15 heavy (non-hydrogen) atoms. The Morgan fingerprint density at radius 3 is 2.80 bits per heavy atom. The van der Waals surface area contributed by atoms with E-state index in [1.54, 1.807) is 4.31 Å². The zero-order chi connectivity index (χ0) is 10.9. The second-order valence-corrected chi connectivity index (χ2v) is 5.87. The topological polar surface area (TPSA) is 61.4 Å². The molecule has 2 saturated heterocycles. The lowest BCUT2D eigenvalue weighted by atomic mass is 10.1. The number of hydrogen-bond donors (Lipinski definition) is 2. The average Bonchev–Trinajstić information content (AvgIpc) is 2.40. The summed E-state index contributed by atoms with van der Waals surface area (Å²) in [5, 5.41) is 3.29. The number of rotatable bonds is 3. The fourth-order valence-corrected chi connectivity index (χ4v) is 4.28. The molecule has 0 aromatic carbocycles. The first-order chi connectivity index (χ1) is 7.15. The van der Waals surface area contributed by atoms with Gasteiger partial charge < -0.3 is 5.32 Å². The molecule has 2 heterocycles. The van der Waals surface area contributed by atoms with Gasteiger partial charge >= 0.3 is 0 Å². The summed E-state index contributed by atoms with van der Waals surface area (Å²) in [5.74, 6) is 0. The summed E-state index contributed by atoms with van der Waals surface area (Å²) in [6.07, 6.45) is 2.93. The van der Waals surface area contributed by atoms with Crippen LogP contribution < -0.4 is 10.0 Å². The van der Waals surface area contributed by atoms with Crippen molar-refractivity contribution in [1.82, 2.24) is 14.3 Å². The van der Waals surface area contributed by atoms with Crippen LogP contribution in [0.2, 0.25) is 0 Å². The Bertz CT molecular complexity index is 303. The van der Waals surface area contributed by atoms with Crippen LogP contribution in [0, 0.1) is 0 Å². The fourth-order valence-electron chi connectivity index (χ4n) is 2.59. The minimum atomic E-state index is -3.25. The van der Waals surface area contributed by atoms with E-state index in [1.807, 2.05) is 6.92 Å². The van der Waals surface area contributed by atoms with Gasteiger partial charge in [-0.05, 0) is 25.8 Å². The molecule has 0 radical (unpaired) electrons. The smallest absolute Gasteiger partial charge is 0.279 e. The van der Waals surface area contributed by atoms with Gasteiger partial charge in [-0.1, -0.05) is 6.92 Å². The second kappa shape index (κ2) is 4.37. The quantitative estimate of drug-likeness (QED) is 0.701. The summed E-state index contributed by atoms with van der Waals surface area (Å²) in [4.78, 5) is 0. The van der Waals surface area contributed by atoms with Crippen LogP contribution in [0.15, 0.2) is 0 Å². The van der Waals surface area contributed by atoms with Gasteiger partial charge in [0.15, 0.2) is 0 Å². The van der Waals surface area contributed by atoms with Gasteiger partial charge in [-0.2, -0.15) is 12.7 Å². The van der Waals surface area contributed by atoms with Crippen molar-refractivity contribution >= 4 is 10.2 Å². The molecule has 2 bridgehead atoms. The van der Waals surface area contributed by atoms with Gasteiger partial charge in [0.2, 0.25) is 0 Å². The van der Waals surface area contributed by atoms with Gasteiger partial charge in [0.05, 0.1) is 0 Å². The SMILES string of the molecule is CCNS(=O)(=O)N1C2CCNCC1CC2. The highest BCUT2D eigenvalue weighted by atomic mass is 32.2. The molecule has 2 unspecified atom stereocenters. The van der Waals surface area contributed by atoms with Crippen LogP contribution in [-0.4, -0.2) is 44.4 Å². The lowest BCUT2D eigenvalue weighted by molar-refractivity contribution is 0.329. The molecule has 6 heteroatoms. The standard InChI is InChI=1S/C9H19N3O2S/c1-2-11-15(13,14)12-8-3-4-9(12)7-10-6-5-8/h8-11H,2-7H2,1H3. The Morgan fingerprint density at radius 2 is 2.07 bits per heavy atom. The van der Waals surface area contributed by atoms with E-state index in [9.17, 15) is 8.42 Å². The lowest BCUT2D eigenvalue weighted by Crippen LogP contribution is -2.48. The Morgan fingerprint density at radius 1 is 1.33 bits per heavy atom.